The Kier molecular flexibility index (Phi) is 4.43. The molecule has 24 heavy (non-hydrogen) atoms. The molecule has 0 aliphatic rings. The van der Waals surface area contributed by atoms with Crippen LogP contribution in [0.1, 0.15) is 20.8 Å². The van der Waals surface area contributed by atoms with E-state index in [0.717, 1.165) is 10.2 Å². The number of benzene rings is 2. The smallest absolute Gasteiger partial charge is 0.276 e. The maximum absolute atomic E-state index is 12.4. The summed E-state index contributed by atoms with van der Waals surface area (Å²) in [6, 6.07) is 15.7. The molecule has 0 atom stereocenters. The van der Waals surface area contributed by atoms with Crippen LogP contribution < -0.4 is 11.1 Å². The maximum atomic E-state index is 12.4. The Morgan fingerprint density at radius 2 is 1.88 bits per heavy atom. The van der Waals surface area contributed by atoms with Gasteiger partial charge in [-0.25, -0.2) is 4.68 Å². The van der Waals surface area contributed by atoms with Crippen LogP contribution in [0.25, 0.3) is 5.69 Å². The third-order valence-electron chi connectivity index (χ3n) is 3.34. The lowest BCUT2D eigenvalue weighted by Crippen LogP contribution is -2.18. The number of hydrogen-bond acceptors (Lipinski definition) is 3. The number of para-hydroxylation sites is 1. The van der Waals surface area contributed by atoms with E-state index in [4.69, 9.17) is 5.73 Å². The van der Waals surface area contributed by atoms with Crippen molar-refractivity contribution >= 4 is 33.4 Å². The molecular formula is C17H13BrN4O2. The number of carbonyl (C=O) groups is 2. The van der Waals surface area contributed by atoms with Crippen molar-refractivity contribution in [3.63, 3.8) is 0 Å². The van der Waals surface area contributed by atoms with E-state index in [1.54, 1.807) is 41.2 Å². The second kappa shape index (κ2) is 6.67. The molecule has 1 aromatic heterocycles. The zero-order chi connectivity index (χ0) is 17.1. The van der Waals surface area contributed by atoms with Crippen molar-refractivity contribution in [3.8, 4) is 5.69 Å². The van der Waals surface area contributed by atoms with Gasteiger partial charge in [0, 0.05) is 10.7 Å². The fourth-order valence-electron chi connectivity index (χ4n) is 2.20. The van der Waals surface area contributed by atoms with Crippen LogP contribution in [0.3, 0.4) is 0 Å². The molecule has 3 aromatic rings. The quantitative estimate of drug-likeness (QED) is 0.724. The molecule has 2 aromatic carbocycles. The van der Waals surface area contributed by atoms with Crippen LogP contribution in [0.5, 0.6) is 0 Å². The number of halogens is 1. The standard InChI is InChI=1S/C17H13BrN4O2/c18-11-4-3-5-12(10-11)22-9-8-15(21-22)17(24)20-14-7-2-1-6-13(14)16(19)23/h1-10H,(H2,19,23)(H,20,24). The van der Waals surface area contributed by atoms with Gasteiger partial charge in [-0.1, -0.05) is 34.1 Å². The minimum atomic E-state index is -0.606. The minimum absolute atomic E-state index is 0.231. The monoisotopic (exact) mass is 384 g/mol. The van der Waals surface area contributed by atoms with E-state index in [0.29, 0.717) is 5.69 Å². The minimum Gasteiger partial charge on any atom is -0.366 e. The normalized spacial score (nSPS) is 10.4. The summed E-state index contributed by atoms with van der Waals surface area (Å²) in [4.78, 5) is 23.8. The highest BCUT2D eigenvalue weighted by molar-refractivity contribution is 9.10. The molecular weight excluding hydrogens is 372 g/mol. The highest BCUT2D eigenvalue weighted by atomic mass is 79.9. The third kappa shape index (κ3) is 3.36. The molecule has 0 saturated carbocycles. The van der Waals surface area contributed by atoms with Crippen molar-refractivity contribution in [1.29, 1.82) is 0 Å². The topological polar surface area (TPSA) is 90.0 Å². The molecule has 0 unspecified atom stereocenters. The zero-order valence-corrected chi connectivity index (χ0v) is 14.0. The van der Waals surface area contributed by atoms with Gasteiger partial charge < -0.3 is 11.1 Å². The zero-order valence-electron chi connectivity index (χ0n) is 12.4. The largest absolute Gasteiger partial charge is 0.366 e. The van der Waals surface area contributed by atoms with Crippen LogP contribution in [0.4, 0.5) is 5.69 Å². The van der Waals surface area contributed by atoms with Crippen molar-refractivity contribution in [3.05, 3.63) is 76.5 Å². The van der Waals surface area contributed by atoms with Gasteiger partial charge in [-0.15, -0.1) is 0 Å². The number of primary amides is 1. The van der Waals surface area contributed by atoms with E-state index < -0.39 is 11.8 Å². The molecule has 3 N–H and O–H groups in total. The van der Waals surface area contributed by atoms with Gasteiger partial charge in [0.1, 0.15) is 0 Å². The van der Waals surface area contributed by atoms with E-state index in [2.05, 4.69) is 26.3 Å². The number of nitrogens with two attached hydrogens (primary N) is 1. The van der Waals surface area contributed by atoms with Crippen LogP contribution in [0.15, 0.2) is 65.3 Å². The summed E-state index contributed by atoms with van der Waals surface area (Å²) in [5.41, 5.74) is 6.96. The summed E-state index contributed by atoms with van der Waals surface area (Å²) in [5, 5.41) is 6.92. The second-order valence-electron chi connectivity index (χ2n) is 4.99. The molecule has 0 radical (unpaired) electrons. The van der Waals surface area contributed by atoms with Crippen molar-refractivity contribution in [2.24, 2.45) is 5.73 Å². The van der Waals surface area contributed by atoms with Crippen molar-refractivity contribution in [2.45, 2.75) is 0 Å². The summed E-state index contributed by atoms with van der Waals surface area (Å²) in [6.45, 7) is 0. The molecule has 0 aliphatic carbocycles. The van der Waals surface area contributed by atoms with Gasteiger partial charge >= 0.3 is 0 Å². The first-order chi connectivity index (χ1) is 11.5. The van der Waals surface area contributed by atoms with E-state index >= 15 is 0 Å². The van der Waals surface area contributed by atoms with Gasteiger partial charge in [0.05, 0.1) is 16.9 Å². The summed E-state index contributed by atoms with van der Waals surface area (Å²) >= 11 is 3.40. The number of anilines is 1. The van der Waals surface area contributed by atoms with Crippen LogP contribution in [-0.2, 0) is 0 Å². The lowest BCUT2D eigenvalue weighted by Gasteiger charge is -2.07. The van der Waals surface area contributed by atoms with Gasteiger partial charge in [-0.2, -0.15) is 5.10 Å². The number of hydrogen-bond donors (Lipinski definition) is 2. The summed E-state index contributed by atoms with van der Waals surface area (Å²) in [6.07, 6.45) is 1.69. The highest BCUT2D eigenvalue weighted by Crippen LogP contribution is 2.17. The lowest BCUT2D eigenvalue weighted by atomic mass is 10.1. The van der Waals surface area contributed by atoms with E-state index in [1.165, 1.54) is 0 Å². The summed E-state index contributed by atoms with van der Waals surface area (Å²) in [5.74, 6) is -1.02. The van der Waals surface area contributed by atoms with Gasteiger partial charge in [0.25, 0.3) is 11.8 Å². The van der Waals surface area contributed by atoms with Gasteiger partial charge in [-0.05, 0) is 36.4 Å². The van der Waals surface area contributed by atoms with Gasteiger partial charge in [-0.3, -0.25) is 9.59 Å². The predicted molar refractivity (Wildman–Crippen MR) is 94.2 cm³/mol. The van der Waals surface area contributed by atoms with Crippen molar-refractivity contribution < 1.29 is 9.59 Å². The maximum Gasteiger partial charge on any atom is 0.276 e. The summed E-state index contributed by atoms with van der Waals surface area (Å²) < 4.78 is 2.51. The Balaban J connectivity index is 1.83. The Bertz CT molecular complexity index is 920. The van der Waals surface area contributed by atoms with E-state index in [-0.39, 0.29) is 11.3 Å². The second-order valence-corrected chi connectivity index (χ2v) is 5.91. The van der Waals surface area contributed by atoms with Crippen LogP contribution in [0.2, 0.25) is 0 Å². The van der Waals surface area contributed by atoms with Crippen LogP contribution >= 0.6 is 15.9 Å². The molecule has 0 spiro atoms. The summed E-state index contributed by atoms with van der Waals surface area (Å²) in [7, 11) is 0. The number of nitrogens with zero attached hydrogens (tertiary/aromatic N) is 2. The van der Waals surface area contributed by atoms with Crippen molar-refractivity contribution in [1.82, 2.24) is 9.78 Å². The molecule has 2 amide bonds. The molecule has 0 fully saturated rings. The SMILES string of the molecule is NC(=O)c1ccccc1NC(=O)c1ccn(-c2cccc(Br)c2)n1. The van der Waals surface area contributed by atoms with Gasteiger partial charge in [0.15, 0.2) is 5.69 Å². The average molecular weight is 385 g/mol. The Morgan fingerprint density at radius 3 is 2.62 bits per heavy atom. The fourth-order valence-corrected chi connectivity index (χ4v) is 2.59. The number of carbonyl (C=O) groups excluding carboxylic acids is 2. The first-order valence-electron chi connectivity index (χ1n) is 7.06. The number of rotatable bonds is 4. The fraction of sp³-hybridized carbons (Fsp3) is 0. The molecule has 0 aliphatic heterocycles. The number of aromatic nitrogens is 2. The highest BCUT2D eigenvalue weighted by Gasteiger charge is 2.14. The molecule has 3 rings (SSSR count). The van der Waals surface area contributed by atoms with Crippen LogP contribution in [0, 0.1) is 0 Å². The van der Waals surface area contributed by atoms with Gasteiger partial charge in [0.2, 0.25) is 0 Å². The molecule has 0 saturated heterocycles. The Morgan fingerprint density at radius 1 is 1.08 bits per heavy atom. The van der Waals surface area contributed by atoms with Crippen LogP contribution in [-0.4, -0.2) is 21.6 Å². The predicted octanol–water partition coefficient (Wildman–Crippen LogP) is 2.99. The molecule has 0 bridgehead atoms. The Hall–Kier alpha value is -2.93. The number of nitrogens with one attached hydrogen (secondary N) is 1. The lowest BCUT2D eigenvalue weighted by molar-refractivity contribution is 0.100. The Labute approximate surface area is 146 Å². The molecule has 7 heteroatoms. The number of amides is 2. The van der Waals surface area contributed by atoms with Crippen molar-refractivity contribution in [2.75, 3.05) is 5.32 Å². The first-order valence-corrected chi connectivity index (χ1v) is 7.86. The molecule has 6 nitrogen and oxygen atoms in total. The van der Waals surface area contributed by atoms with E-state index in [9.17, 15) is 9.59 Å². The molecule has 120 valence electrons. The van der Waals surface area contributed by atoms with E-state index in [1.807, 2.05) is 24.3 Å². The third-order valence-corrected chi connectivity index (χ3v) is 3.83. The molecule has 1 heterocycles. The first kappa shape index (κ1) is 15.9. The average Bonchev–Trinajstić information content (AvgIpc) is 3.05.